The summed E-state index contributed by atoms with van der Waals surface area (Å²) in [4.78, 5) is 0. The molecule has 0 fully saturated rings. The zero-order valence-electron chi connectivity index (χ0n) is 7.17. The number of hydrogen-bond acceptors (Lipinski definition) is 2. The minimum atomic E-state index is -0.160. The second-order valence-corrected chi connectivity index (χ2v) is 3.30. The van der Waals surface area contributed by atoms with Crippen LogP contribution in [0.3, 0.4) is 0 Å². The molecule has 0 saturated carbocycles. The molecule has 0 bridgehead atoms. The topological polar surface area (TPSA) is 32.3 Å². The van der Waals surface area contributed by atoms with Crippen LogP contribution in [0.2, 0.25) is 0 Å². The summed E-state index contributed by atoms with van der Waals surface area (Å²) in [6.07, 6.45) is 1.47. The Balaban J connectivity index is 2.35. The average molecular weight is 163 g/mol. The first-order chi connectivity index (χ1) is 5.79. The Morgan fingerprint density at radius 1 is 1.33 bits per heavy atom. The molecular weight excluding hydrogens is 150 g/mol. The van der Waals surface area contributed by atoms with Crippen LogP contribution in [-0.4, -0.2) is 18.3 Å². The average Bonchev–Trinajstić information content (AvgIpc) is 2.43. The molecule has 1 aromatic rings. The van der Waals surface area contributed by atoms with Crippen LogP contribution in [0.4, 0.5) is 5.69 Å². The van der Waals surface area contributed by atoms with Crippen molar-refractivity contribution in [2.75, 3.05) is 12.4 Å². The van der Waals surface area contributed by atoms with Crippen molar-refractivity contribution in [1.29, 1.82) is 0 Å². The second kappa shape index (κ2) is 2.79. The minimum absolute atomic E-state index is 0.160. The van der Waals surface area contributed by atoms with Gasteiger partial charge in [-0.3, -0.25) is 0 Å². The van der Waals surface area contributed by atoms with E-state index in [4.69, 9.17) is 0 Å². The molecule has 0 radical (unpaired) electrons. The van der Waals surface area contributed by atoms with Gasteiger partial charge >= 0.3 is 0 Å². The number of fused-ring (bicyclic) bond motifs is 1. The molecule has 64 valence electrons. The van der Waals surface area contributed by atoms with Gasteiger partial charge in [-0.2, -0.15) is 0 Å². The molecule has 0 aliphatic heterocycles. The summed E-state index contributed by atoms with van der Waals surface area (Å²) in [6, 6.07) is 6.26. The lowest BCUT2D eigenvalue weighted by molar-refractivity contribution is 0.187. The highest BCUT2D eigenvalue weighted by atomic mass is 16.3. The summed E-state index contributed by atoms with van der Waals surface area (Å²) in [5.41, 5.74) is 3.71. The highest BCUT2D eigenvalue weighted by Gasteiger charge is 2.18. The number of nitrogens with one attached hydrogen (secondary N) is 1. The smallest absolute Gasteiger partial charge is 0.0621 e. The molecule has 1 aromatic carbocycles. The number of aliphatic hydroxyl groups excluding tert-OH is 1. The van der Waals surface area contributed by atoms with Crippen molar-refractivity contribution >= 4 is 5.69 Å². The molecule has 0 aromatic heterocycles. The zero-order valence-corrected chi connectivity index (χ0v) is 7.17. The predicted octanol–water partition coefficient (Wildman–Crippen LogP) is 1.19. The van der Waals surface area contributed by atoms with Crippen molar-refractivity contribution in [3.05, 3.63) is 29.3 Å². The van der Waals surface area contributed by atoms with Crippen molar-refractivity contribution in [2.24, 2.45) is 0 Å². The lowest BCUT2D eigenvalue weighted by atomic mass is 10.1. The van der Waals surface area contributed by atoms with E-state index in [0.29, 0.717) is 0 Å². The van der Waals surface area contributed by atoms with E-state index >= 15 is 0 Å². The summed E-state index contributed by atoms with van der Waals surface area (Å²) < 4.78 is 0. The highest BCUT2D eigenvalue weighted by Crippen LogP contribution is 2.24. The third kappa shape index (κ3) is 1.18. The van der Waals surface area contributed by atoms with Gasteiger partial charge < -0.3 is 10.4 Å². The summed E-state index contributed by atoms with van der Waals surface area (Å²) in [7, 11) is 1.91. The van der Waals surface area contributed by atoms with E-state index in [0.717, 1.165) is 18.5 Å². The van der Waals surface area contributed by atoms with Crippen LogP contribution in [0.15, 0.2) is 18.2 Å². The monoisotopic (exact) mass is 163 g/mol. The van der Waals surface area contributed by atoms with Crippen LogP contribution in [0.5, 0.6) is 0 Å². The maximum atomic E-state index is 9.39. The van der Waals surface area contributed by atoms with Gasteiger partial charge in [0.2, 0.25) is 0 Å². The largest absolute Gasteiger partial charge is 0.392 e. The lowest BCUT2D eigenvalue weighted by Gasteiger charge is -2.02. The quantitative estimate of drug-likeness (QED) is 0.651. The van der Waals surface area contributed by atoms with Crippen LogP contribution in [0.25, 0.3) is 0 Å². The van der Waals surface area contributed by atoms with Gasteiger partial charge in [-0.25, -0.2) is 0 Å². The maximum absolute atomic E-state index is 9.39. The first-order valence-corrected chi connectivity index (χ1v) is 4.27. The van der Waals surface area contributed by atoms with E-state index in [1.165, 1.54) is 11.1 Å². The third-order valence-electron chi connectivity index (χ3n) is 2.41. The molecule has 0 saturated heterocycles. The Hall–Kier alpha value is -1.02. The minimum Gasteiger partial charge on any atom is -0.392 e. The standard InChI is InChI=1S/C10H13NO/c1-11-9-3-2-7-5-10(12)6-8(7)4-9/h2-4,10-12H,5-6H2,1H3. The second-order valence-electron chi connectivity index (χ2n) is 3.30. The summed E-state index contributed by atoms with van der Waals surface area (Å²) in [6.45, 7) is 0. The molecule has 12 heavy (non-hydrogen) atoms. The molecule has 0 heterocycles. The van der Waals surface area contributed by atoms with Crippen LogP contribution in [0, 0.1) is 0 Å². The number of rotatable bonds is 1. The van der Waals surface area contributed by atoms with Crippen molar-refractivity contribution in [2.45, 2.75) is 18.9 Å². The molecule has 0 spiro atoms. The van der Waals surface area contributed by atoms with E-state index in [9.17, 15) is 5.11 Å². The fourth-order valence-electron chi connectivity index (χ4n) is 1.75. The number of aliphatic hydroxyl groups is 1. The molecule has 1 aliphatic carbocycles. The number of anilines is 1. The Kier molecular flexibility index (Phi) is 1.77. The molecule has 2 rings (SSSR count). The molecule has 1 unspecified atom stereocenters. The lowest BCUT2D eigenvalue weighted by Crippen LogP contribution is -2.03. The predicted molar refractivity (Wildman–Crippen MR) is 49.4 cm³/mol. The third-order valence-corrected chi connectivity index (χ3v) is 2.41. The van der Waals surface area contributed by atoms with Crippen molar-refractivity contribution in [3.63, 3.8) is 0 Å². The van der Waals surface area contributed by atoms with E-state index in [1.807, 2.05) is 7.05 Å². The van der Waals surface area contributed by atoms with Crippen LogP contribution in [-0.2, 0) is 12.8 Å². The van der Waals surface area contributed by atoms with Gasteiger partial charge in [-0.1, -0.05) is 6.07 Å². The van der Waals surface area contributed by atoms with Gasteiger partial charge in [-0.05, 0) is 36.1 Å². The number of hydrogen-bond donors (Lipinski definition) is 2. The van der Waals surface area contributed by atoms with Gasteiger partial charge in [0, 0.05) is 12.7 Å². The summed E-state index contributed by atoms with van der Waals surface area (Å²) in [5.74, 6) is 0. The Bertz CT molecular complexity index is 296. The Morgan fingerprint density at radius 3 is 2.83 bits per heavy atom. The molecule has 2 heteroatoms. The van der Waals surface area contributed by atoms with Crippen LogP contribution in [0.1, 0.15) is 11.1 Å². The zero-order chi connectivity index (χ0) is 8.55. The van der Waals surface area contributed by atoms with Gasteiger partial charge in [0.1, 0.15) is 0 Å². The van der Waals surface area contributed by atoms with E-state index in [-0.39, 0.29) is 6.10 Å². The van der Waals surface area contributed by atoms with Gasteiger partial charge in [0.15, 0.2) is 0 Å². The number of benzene rings is 1. The first kappa shape index (κ1) is 7.62. The van der Waals surface area contributed by atoms with Crippen molar-refractivity contribution in [1.82, 2.24) is 0 Å². The molecule has 1 aliphatic rings. The van der Waals surface area contributed by atoms with Crippen LogP contribution < -0.4 is 5.32 Å². The van der Waals surface area contributed by atoms with Gasteiger partial charge in [-0.15, -0.1) is 0 Å². The fourth-order valence-corrected chi connectivity index (χ4v) is 1.75. The highest BCUT2D eigenvalue weighted by molar-refractivity contribution is 5.50. The normalized spacial score (nSPS) is 20.7. The fraction of sp³-hybridized carbons (Fsp3) is 0.400. The summed E-state index contributed by atoms with van der Waals surface area (Å²) in [5, 5.41) is 12.5. The van der Waals surface area contributed by atoms with Crippen molar-refractivity contribution in [3.8, 4) is 0 Å². The van der Waals surface area contributed by atoms with E-state index < -0.39 is 0 Å². The maximum Gasteiger partial charge on any atom is 0.0621 e. The molecule has 1 atom stereocenters. The molecule has 2 N–H and O–H groups in total. The summed E-state index contributed by atoms with van der Waals surface area (Å²) >= 11 is 0. The van der Waals surface area contributed by atoms with Gasteiger partial charge in [0.25, 0.3) is 0 Å². The van der Waals surface area contributed by atoms with Gasteiger partial charge in [0.05, 0.1) is 6.10 Å². The molecule has 2 nitrogen and oxygen atoms in total. The Morgan fingerprint density at radius 2 is 2.08 bits per heavy atom. The molecule has 0 amide bonds. The Labute approximate surface area is 72.2 Å². The van der Waals surface area contributed by atoms with Crippen LogP contribution >= 0.6 is 0 Å². The SMILES string of the molecule is CNc1ccc2c(c1)CC(O)C2. The first-order valence-electron chi connectivity index (χ1n) is 4.27. The van der Waals surface area contributed by atoms with E-state index in [2.05, 4.69) is 23.5 Å². The van der Waals surface area contributed by atoms with Crippen molar-refractivity contribution < 1.29 is 5.11 Å². The molecular formula is C10H13NO. The van der Waals surface area contributed by atoms with E-state index in [1.54, 1.807) is 0 Å².